The molecule has 0 aliphatic carbocycles. The molecule has 0 bridgehead atoms. The van der Waals surface area contributed by atoms with Crippen molar-refractivity contribution < 1.29 is 19.8 Å². The van der Waals surface area contributed by atoms with Gasteiger partial charge in [0.15, 0.2) is 0 Å². The molecule has 1 amide bonds. The average molecular weight is 251 g/mol. The fourth-order valence-corrected chi connectivity index (χ4v) is 1.20. The molecule has 1 heterocycles. The van der Waals surface area contributed by atoms with E-state index < -0.39 is 11.9 Å². The topological polar surface area (TPSA) is 126 Å². The van der Waals surface area contributed by atoms with Crippen molar-refractivity contribution in [3.8, 4) is 0 Å². The lowest BCUT2D eigenvalue weighted by Gasteiger charge is -2.06. The lowest BCUT2D eigenvalue weighted by molar-refractivity contribution is -0.131. The number of aromatic nitrogens is 1. The minimum absolute atomic E-state index is 0.0397. The minimum atomic E-state index is -1.10. The van der Waals surface area contributed by atoms with Crippen molar-refractivity contribution in [1.82, 2.24) is 10.3 Å². The van der Waals surface area contributed by atoms with Gasteiger partial charge in [-0.05, 0) is 17.7 Å². The highest BCUT2D eigenvalue weighted by Crippen LogP contribution is 2.12. The van der Waals surface area contributed by atoms with Crippen LogP contribution in [-0.2, 0) is 4.79 Å². The number of nitrogens with one attached hydrogen (secondary N) is 1. The number of rotatable bonds is 5. The number of carbonyl (C=O) groups excluding carboxylic acids is 1. The molecule has 0 aromatic carbocycles. The predicted octanol–water partition coefficient (Wildman–Crippen LogP) is -0.516. The summed E-state index contributed by atoms with van der Waals surface area (Å²) < 4.78 is 0. The molecular weight excluding hydrogens is 238 g/mol. The van der Waals surface area contributed by atoms with E-state index in [0.29, 0.717) is 5.56 Å². The quantitative estimate of drug-likeness (QED) is 0.522. The highest BCUT2D eigenvalue weighted by molar-refractivity contribution is 5.99. The highest BCUT2D eigenvalue weighted by Gasteiger charge is 2.10. The van der Waals surface area contributed by atoms with Crippen molar-refractivity contribution >= 4 is 23.8 Å². The van der Waals surface area contributed by atoms with Crippen molar-refractivity contribution in [2.45, 2.75) is 0 Å². The summed E-state index contributed by atoms with van der Waals surface area (Å²) in [4.78, 5) is 25.8. The molecule has 1 rings (SSSR count). The summed E-state index contributed by atoms with van der Waals surface area (Å²) in [5, 5.41) is 19.5. The molecule has 0 radical (unpaired) electrons. The second-order valence-electron chi connectivity index (χ2n) is 3.35. The maximum Gasteiger partial charge on any atom is 0.328 e. The first kappa shape index (κ1) is 13.7. The van der Waals surface area contributed by atoms with Gasteiger partial charge in [-0.2, -0.15) is 0 Å². The van der Waals surface area contributed by atoms with Crippen LogP contribution < -0.4 is 11.1 Å². The van der Waals surface area contributed by atoms with Crippen molar-refractivity contribution in [1.29, 1.82) is 0 Å². The Kier molecular flexibility index (Phi) is 4.82. The van der Waals surface area contributed by atoms with E-state index in [1.54, 1.807) is 0 Å². The normalized spacial score (nSPS) is 10.5. The van der Waals surface area contributed by atoms with Gasteiger partial charge < -0.3 is 21.3 Å². The second kappa shape index (κ2) is 6.36. The van der Waals surface area contributed by atoms with E-state index in [0.717, 1.165) is 6.08 Å². The number of amides is 1. The summed E-state index contributed by atoms with van der Waals surface area (Å²) >= 11 is 0. The van der Waals surface area contributed by atoms with Gasteiger partial charge in [0.2, 0.25) is 0 Å². The number of aliphatic hydroxyl groups excluding tert-OH is 1. The van der Waals surface area contributed by atoms with E-state index in [2.05, 4.69) is 10.3 Å². The summed E-state index contributed by atoms with van der Waals surface area (Å²) in [6.45, 7) is -0.0782. The largest absolute Gasteiger partial charge is 0.478 e. The van der Waals surface area contributed by atoms with E-state index in [9.17, 15) is 9.59 Å². The molecule has 18 heavy (non-hydrogen) atoms. The fourth-order valence-electron chi connectivity index (χ4n) is 1.20. The van der Waals surface area contributed by atoms with Gasteiger partial charge in [-0.1, -0.05) is 0 Å². The lowest BCUT2D eigenvalue weighted by Crippen LogP contribution is -2.27. The molecule has 1 aromatic rings. The number of hydrogen-bond acceptors (Lipinski definition) is 5. The third kappa shape index (κ3) is 3.87. The molecular formula is C11H13N3O4. The third-order valence-corrected chi connectivity index (χ3v) is 2.00. The number of pyridine rings is 1. The molecule has 0 aliphatic heterocycles. The van der Waals surface area contributed by atoms with Gasteiger partial charge >= 0.3 is 5.97 Å². The Morgan fingerprint density at radius 2 is 2.22 bits per heavy atom. The molecule has 7 heteroatoms. The number of nitrogens with two attached hydrogens (primary N) is 1. The van der Waals surface area contributed by atoms with Crippen LogP contribution in [0.4, 0.5) is 5.82 Å². The Hall–Kier alpha value is -2.41. The summed E-state index contributed by atoms with van der Waals surface area (Å²) in [5.41, 5.74) is 6.12. The Morgan fingerprint density at radius 3 is 2.83 bits per heavy atom. The Balaban J connectivity index is 2.94. The van der Waals surface area contributed by atoms with Crippen LogP contribution in [-0.4, -0.2) is 40.2 Å². The Bertz CT molecular complexity index is 485. The van der Waals surface area contributed by atoms with Crippen LogP contribution in [0.2, 0.25) is 0 Å². The number of hydrogen-bond donors (Lipinski definition) is 4. The second-order valence-corrected chi connectivity index (χ2v) is 3.35. The molecule has 96 valence electrons. The van der Waals surface area contributed by atoms with Crippen molar-refractivity contribution in [3.63, 3.8) is 0 Å². The number of anilines is 1. The number of carboxylic acid groups (broad SMARTS) is 1. The van der Waals surface area contributed by atoms with Gasteiger partial charge in [-0.25, -0.2) is 9.78 Å². The van der Waals surface area contributed by atoms with Crippen LogP contribution in [0.15, 0.2) is 18.3 Å². The average Bonchev–Trinajstić information content (AvgIpc) is 2.34. The molecule has 0 spiro atoms. The van der Waals surface area contributed by atoms with Crippen molar-refractivity contribution in [3.05, 3.63) is 29.5 Å². The van der Waals surface area contributed by atoms with Gasteiger partial charge in [0.05, 0.1) is 12.2 Å². The molecule has 1 aromatic heterocycles. The zero-order valence-corrected chi connectivity index (χ0v) is 9.46. The van der Waals surface area contributed by atoms with Gasteiger partial charge in [0, 0.05) is 18.8 Å². The first-order valence-corrected chi connectivity index (χ1v) is 5.10. The molecule has 0 unspecified atom stereocenters. The monoisotopic (exact) mass is 251 g/mol. The van der Waals surface area contributed by atoms with Crippen LogP contribution in [0.25, 0.3) is 6.08 Å². The smallest absolute Gasteiger partial charge is 0.328 e. The fraction of sp³-hybridized carbons (Fsp3) is 0.182. The Labute approximate surface area is 103 Å². The standard InChI is InChI=1S/C11H13N3O4/c12-10-8(11(18)13-3-4-15)5-7(6-14-10)1-2-9(16)17/h1-2,5-6,15H,3-4H2,(H2,12,14)(H,13,18)(H,16,17)/b2-1+. The van der Waals surface area contributed by atoms with E-state index in [4.69, 9.17) is 15.9 Å². The number of aliphatic hydroxyl groups is 1. The van der Waals surface area contributed by atoms with Crippen molar-refractivity contribution in [2.75, 3.05) is 18.9 Å². The van der Waals surface area contributed by atoms with Gasteiger partial charge in [-0.15, -0.1) is 0 Å². The third-order valence-electron chi connectivity index (χ3n) is 2.00. The van der Waals surface area contributed by atoms with Crippen LogP contribution >= 0.6 is 0 Å². The summed E-state index contributed by atoms with van der Waals surface area (Å²) in [6, 6.07) is 1.43. The summed E-state index contributed by atoms with van der Waals surface area (Å²) in [5.74, 6) is -1.53. The predicted molar refractivity (Wildman–Crippen MR) is 64.7 cm³/mol. The number of aliphatic carboxylic acids is 1. The molecule has 0 atom stereocenters. The number of carbonyl (C=O) groups is 2. The minimum Gasteiger partial charge on any atom is -0.478 e. The van der Waals surface area contributed by atoms with Crippen LogP contribution in [0.3, 0.4) is 0 Å². The highest BCUT2D eigenvalue weighted by atomic mass is 16.4. The maximum atomic E-state index is 11.6. The van der Waals surface area contributed by atoms with Crippen molar-refractivity contribution in [2.24, 2.45) is 0 Å². The number of carboxylic acids is 1. The molecule has 5 N–H and O–H groups in total. The van der Waals surface area contributed by atoms with Gasteiger partial charge in [-0.3, -0.25) is 4.79 Å². The first-order chi connectivity index (χ1) is 8.54. The maximum absolute atomic E-state index is 11.6. The van der Waals surface area contributed by atoms with Crippen LogP contribution in [0.1, 0.15) is 15.9 Å². The zero-order chi connectivity index (χ0) is 13.5. The van der Waals surface area contributed by atoms with E-state index in [1.165, 1.54) is 18.3 Å². The molecule has 0 saturated carbocycles. The lowest BCUT2D eigenvalue weighted by atomic mass is 10.1. The van der Waals surface area contributed by atoms with E-state index in [1.807, 2.05) is 0 Å². The Morgan fingerprint density at radius 1 is 1.50 bits per heavy atom. The zero-order valence-electron chi connectivity index (χ0n) is 9.46. The summed E-state index contributed by atoms with van der Waals surface area (Å²) in [7, 11) is 0. The molecule has 0 fully saturated rings. The number of nitrogens with zero attached hydrogens (tertiary/aromatic N) is 1. The molecule has 0 aliphatic rings. The van der Waals surface area contributed by atoms with E-state index in [-0.39, 0.29) is 24.5 Å². The van der Waals surface area contributed by atoms with Crippen LogP contribution in [0.5, 0.6) is 0 Å². The van der Waals surface area contributed by atoms with E-state index >= 15 is 0 Å². The van der Waals surface area contributed by atoms with Crippen LogP contribution in [0, 0.1) is 0 Å². The molecule has 7 nitrogen and oxygen atoms in total. The SMILES string of the molecule is Nc1ncc(/C=C/C(=O)O)cc1C(=O)NCCO. The number of nitrogen functional groups attached to an aromatic ring is 1. The van der Waals surface area contributed by atoms with Gasteiger partial charge in [0.25, 0.3) is 5.91 Å². The first-order valence-electron chi connectivity index (χ1n) is 5.10. The van der Waals surface area contributed by atoms with Gasteiger partial charge in [0.1, 0.15) is 5.82 Å². The molecule has 0 saturated heterocycles. The summed E-state index contributed by atoms with van der Waals surface area (Å²) in [6.07, 6.45) is 3.60.